The number of nitrogens with zero attached hydrogens (tertiary/aromatic N) is 1. The lowest BCUT2D eigenvalue weighted by Gasteiger charge is -2.23. The molecule has 1 atom stereocenters. The zero-order chi connectivity index (χ0) is 9.38. The molecule has 2 heterocycles. The van der Waals surface area contributed by atoms with Gasteiger partial charge in [-0.25, -0.2) is 0 Å². The summed E-state index contributed by atoms with van der Waals surface area (Å²) in [6.45, 7) is 1.17. The SMILES string of the molecule is c1n[nH]c(C2CC2)c1C1CCCCN1. The molecule has 0 amide bonds. The second-order valence-corrected chi connectivity index (χ2v) is 4.52. The van der Waals surface area contributed by atoms with Gasteiger partial charge in [-0.3, -0.25) is 5.10 Å². The van der Waals surface area contributed by atoms with Crippen LogP contribution in [0, 0.1) is 0 Å². The summed E-state index contributed by atoms with van der Waals surface area (Å²) in [5.41, 5.74) is 2.84. The van der Waals surface area contributed by atoms with E-state index in [1.165, 1.54) is 49.9 Å². The highest BCUT2D eigenvalue weighted by Gasteiger charge is 2.30. The van der Waals surface area contributed by atoms with Crippen molar-refractivity contribution in [2.75, 3.05) is 6.54 Å². The van der Waals surface area contributed by atoms with Gasteiger partial charge in [0, 0.05) is 23.2 Å². The van der Waals surface area contributed by atoms with Crippen molar-refractivity contribution in [1.29, 1.82) is 0 Å². The molecule has 1 saturated heterocycles. The fraction of sp³-hybridized carbons (Fsp3) is 0.727. The lowest BCUT2D eigenvalue weighted by atomic mass is 9.97. The normalized spacial score (nSPS) is 27.9. The van der Waals surface area contributed by atoms with Crippen LogP contribution in [-0.2, 0) is 0 Å². The molecule has 3 rings (SSSR count). The summed E-state index contributed by atoms with van der Waals surface area (Å²) in [5.74, 6) is 0.788. The summed E-state index contributed by atoms with van der Waals surface area (Å²) in [4.78, 5) is 0. The molecule has 3 nitrogen and oxygen atoms in total. The van der Waals surface area contributed by atoms with Gasteiger partial charge in [0.05, 0.1) is 6.20 Å². The maximum atomic E-state index is 4.19. The van der Waals surface area contributed by atoms with E-state index < -0.39 is 0 Å². The monoisotopic (exact) mass is 191 g/mol. The molecule has 1 aliphatic carbocycles. The Labute approximate surface area is 84.3 Å². The Bertz CT molecular complexity index is 308. The first kappa shape index (κ1) is 8.48. The van der Waals surface area contributed by atoms with E-state index in [9.17, 15) is 0 Å². The van der Waals surface area contributed by atoms with Gasteiger partial charge < -0.3 is 5.32 Å². The number of hydrogen-bond acceptors (Lipinski definition) is 2. The summed E-state index contributed by atoms with van der Waals surface area (Å²) < 4.78 is 0. The zero-order valence-electron chi connectivity index (χ0n) is 8.42. The van der Waals surface area contributed by atoms with Crippen LogP contribution in [0.15, 0.2) is 6.20 Å². The van der Waals surface area contributed by atoms with Crippen molar-refractivity contribution in [2.45, 2.75) is 44.1 Å². The summed E-state index contributed by atoms with van der Waals surface area (Å²) in [5, 5.41) is 11.0. The number of hydrogen-bond donors (Lipinski definition) is 2. The molecule has 1 unspecified atom stereocenters. The van der Waals surface area contributed by atoms with Crippen molar-refractivity contribution in [1.82, 2.24) is 15.5 Å². The van der Waals surface area contributed by atoms with Gasteiger partial charge in [0.15, 0.2) is 0 Å². The Kier molecular flexibility index (Phi) is 2.05. The van der Waals surface area contributed by atoms with Gasteiger partial charge >= 0.3 is 0 Å². The van der Waals surface area contributed by atoms with Crippen molar-refractivity contribution in [3.8, 4) is 0 Å². The topological polar surface area (TPSA) is 40.7 Å². The summed E-state index contributed by atoms with van der Waals surface area (Å²) in [7, 11) is 0. The van der Waals surface area contributed by atoms with E-state index in [0.717, 1.165) is 5.92 Å². The maximum Gasteiger partial charge on any atom is 0.0538 e. The van der Waals surface area contributed by atoms with Gasteiger partial charge in [-0.2, -0.15) is 5.10 Å². The summed E-state index contributed by atoms with van der Waals surface area (Å²) in [6, 6.07) is 0.568. The third kappa shape index (κ3) is 1.46. The summed E-state index contributed by atoms with van der Waals surface area (Å²) >= 11 is 0. The van der Waals surface area contributed by atoms with Crippen LogP contribution >= 0.6 is 0 Å². The molecule has 2 N–H and O–H groups in total. The largest absolute Gasteiger partial charge is 0.310 e. The van der Waals surface area contributed by atoms with Gasteiger partial charge in [-0.1, -0.05) is 6.42 Å². The van der Waals surface area contributed by atoms with Crippen molar-refractivity contribution >= 4 is 0 Å². The molecule has 1 aliphatic heterocycles. The van der Waals surface area contributed by atoms with Crippen LogP contribution in [0.4, 0.5) is 0 Å². The number of piperidine rings is 1. The molecule has 1 aromatic rings. The predicted molar refractivity (Wildman–Crippen MR) is 55.2 cm³/mol. The van der Waals surface area contributed by atoms with Crippen LogP contribution in [0.1, 0.15) is 55.3 Å². The van der Waals surface area contributed by atoms with Crippen molar-refractivity contribution < 1.29 is 0 Å². The first-order valence-corrected chi connectivity index (χ1v) is 5.71. The average molecular weight is 191 g/mol. The molecule has 0 spiro atoms. The number of aromatic nitrogens is 2. The smallest absolute Gasteiger partial charge is 0.0538 e. The van der Waals surface area contributed by atoms with Crippen molar-refractivity contribution in [3.05, 3.63) is 17.5 Å². The third-order valence-electron chi connectivity index (χ3n) is 3.37. The third-order valence-corrected chi connectivity index (χ3v) is 3.37. The first-order chi connectivity index (χ1) is 6.95. The minimum atomic E-state index is 0.568. The zero-order valence-corrected chi connectivity index (χ0v) is 8.42. The van der Waals surface area contributed by atoms with Crippen LogP contribution in [0.2, 0.25) is 0 Å². The second-order valence-electron chi connectivity index (χ2n) is 4.52. The van der Waals surface area contributed by atoms with E-state index in [2.05, 4.69) is 15.5 Å². The molecule has 0 aromatic carbocycles. The van der Waals surface area contributed by atoms with Gasteiger partial charge in [0.2, 0.25) is 0 Å². The standard InChI is InChI=1S/C11H17N3/c1-2-6-12-10(3-1)9-7-13-14-11(9)8-4-5-8/h7-8,10,12H,1-6H2,(H,13,14). The van der Waals surface area contributed by atoms with Crippen LogP contribution in [0.25, 0.3) is 0 Å². The fourth-order valence-corrected chi connectivity index (χ4v) is 2.40. The molecule has 76 valence electrons. The number of aromatic amines is 1. The van der Waals surface area contributed by atoms with Crippen molar-refractivity contribution in [3.63, 3.8) is 0 Å². The lowest BCUT2D eigenvalue weighted by molar-refractivity contribution is 0.410. The highest BCUT2D eigenvalue weighted by molar-refractivity contribution is 5.27. The molecule has 14 heavy (non-hydrogen) atoms. The molecule has 2 aliphatic rings. The fourth-order valence-electron chi connectivity index (χ4n) is 2.40. The van der Waals surface area contributed by atoms with Gasteiger partial charge in [-0.15, -0.1) is 0 Å². The number of rotatable bonds is 2. The lowest BCUT2D eigenvalue weighted by Crippen LogP contribution is -2.27. The van der Waals surface area contributed by atoms with Crippen molar-refractivity contribution in [2.24, 2.45) is 0 Å². The highest BCUT2D eigenvalue weighted by atomic mass is 15.1. The Morgan fingerprint density at radius 3 is 2.86 bits per heavy atom. The molecule has 0 radical (unpaired) electrons. The van der Waals surface area contributed by atoms with Gasteiger partial charge in [0.25, 0.3) is 0 Å². The molecule has 1 saturated carbocycles. The van der Waals surface area contributed by atoms with Crippen LogP contribution in [-0.4, -0.2) is 16.7 Å². The highest BCUT2D eigenvalue weighted by Crippen LogP contribution is 2.42. The molecule has 3 heteroatoms. The van der Waals surface area contributed by atoms with E-state index in [1.807, 2.05) is 6.20 Å². The summed E-state index contributed by atoms with van der Waals surface area (Å²) in [6.07, 6.45) is 8.68. The Hall–Kier alpha value is -0.830. The van der Waals surface area contributed by atoms with E-state index >= 15 is 0 Å². The minimum absolute atomic E-state index is 0.568. The van der Waals surface area contributed by atoms with Gasteiger partial charge in [-0.05, 0) is 32.2 Å². The molecule has 1 aromatic heterocycles. The first-order valence-electron chi connectivity index (χ1n) is 5.71. The van der Waals surface area contributed by atoms with Gasteiger partial charge in [0.1, 0.15) is 0 Å². The minimum Gasteiger partial charge on any atom is -0.310 e. The molecular weight excluding hydrogens is 174 g/mol. The van der Waals surface area contributed by atoms with E-state index in [-0.39, 0.29) is 0 Å². The van der Waals surface area contributed by atoms with Crippen LogP contribution < -0.4 is 5.32 Å². The van der Waals surface area contributed by atoms with E-state index in [0.29, 0.717) is 6.04 Å². The average Bonchev–Trinajstić information content (AvgIpc) is 2.98. The van der Waals surface area contributed by atoms with E-state index in [1.54, 1.807) is 0 Å². The van der Waals surface area contributed by atoms with E-state index in [4.69, 9.17) is 0 Å². The molecule has 2 fully saturated rings. The van der Waals surface area contributed by atoms with Crippen LogP contribution in [0.3, 0.4) is 0 Å². The Morgan fingerprint density at radius 1 is 1.21 bits per heavy atom. The number of nitrogens with one attached hydrogen (secondary N) is 2. The Morgan fingerprint density at radius 2 is 2.14 bits per heavy atom. The molecular formula is C11H17N3. The number of H-pyrrole nitrogens is 1. The Balaban J connectivity index is 1.82. The van der Waals surface area contributed by atoms with Crippen LogP contribution in [0.5, 0.6) is 0 Å². The second kappa shape index (κ2) is 3.39. The quantitative estimate of drug-likeness (QED) is 0.751. The predicted octanol–water partition coefficient (Wildman–Crippen LogP) is 2.10. The molecule has 0 bridgehead atoms. The maximum absolute atomic E-state index is 4.19.